The lowest BCUT2D eigenvalue weighted by molar-refractivity contribution is -0.143. The van der Waals surface area contributed by atoms with Crippen LogP contribution in [0.3, 0.4) is 0 Å². The van der Waals surface area contributed by atoms with Crippen LogP contribution >= 0.6 is 0 Å². The van der Waals surface area contributed by atoms with Crippen LogP contribution < -0.4 is 15.2 Å². The summed E-state index contributed by atoms with van der Waals surface area (Å²) in [6.07, 6.45) is 0. The van der Waals surface area contributed by atoms with Gasteiger partial charge in [-0.05, 0) is 13.0 Å². The highest BCUT2D eigenvalue weighted by Gasteiger charge is 2.28. The maximum absolute atomic E-state index is 13.8. The van der Waals surface area contributed by atoms with Gasteiger partial charge < -0.3 is 19.9 Å². The van der Waals surface area contributed by atoms with Crippen molar-refractivity contribution in [2.24, 2.45) is 5.73 Å². The molecule has 1 rings (SSSR count). The normalized spacial score (nSPS) is 11.7. The monoisotopic (exact) mass is 285 g/mol. The fourth-order valence-electron chi connectivity index (χ4n) is 1.55. The number of esters is 1. The minimum absolute atomic E-state index is 0.0776. The van der Waals surface area contributed by atoms with Gasteiger partial charge >= 0.3 is 5.97 Å². The molecule has 0 amide bonds. The van der Waals surface area contributed by atoms with Crippen molar-refractivity contribution in [3.05, 3.63) is 23.5 Å². The molecule has 2 N–H and O–H groups in total. The zero-order valence-corrected chi connectivity index (χ0v) is 11.4. The Labute approximate surface area is 115 Å². The van der Waals surface area contributed by atoms with E-state index in [9.17, 15) is 14.0 Å². The SMILES string of the molecule is CCOC(=O)C(N)C(=O)c1cc(OC)c(OC)cc1F. The summed E-state index contributed by atoms with van der Waals surface area (Å²) in [5, 5.41) is 0. The van der Waals surface area contributed by atoms with Crippen molar-refractivity contribution in [1.29, 1.82) is 0 Å². The molecule has 0 aliphatic carbocycles. The number of nitrogens with two attached hydrogens (primary N) is 1. The third-order valence-electron chi connectivity index (χ3n) is 2.56. The Morgan fingerprint density at radius 1 is 1.25 bits per heavy atom. The first-order valence-corrected chi connectivity index (χ1v) is 5.84. The highest BCUT2D eigenvalue weighted by Crippen LogP contribution is 2.30. The van der Waals surface area contributed by atoms with Crippen LogP contribution in [0.25, 0.3) is 0 Å². The van der Waals surface area contributed by atoms with E-state index in [-0.39, 0.29) is 23.7 Å². The summed E-state index contributed by atoms with van der Waals surface area (Å²) in [6, 6.07) is 0.544. The Hall–Kier alpha value is -2.15. The Morgan fingerprint density at radius 3 is 2.30 bits per heavy atom. The van der Waals surface area contributed by atoms with Crippen molar-refractivity contribution in [2.45, 2.75) is 13.0 Å². The van der Waals surface area contributed by atoms with Gasteiger partial charge in [-0.1, -0.05) is 0 Å². The van der Waals surface area contributed by atoms with Crippen LogP contribution in [0.1, 0.15) is 17.3 Å². The molecule has 1 aromatic rings. The first kappa shape index (κ1) is 15.9. The van der Waals surface area contributed by atoms with Gasteiger partial charge in [-0.15, -0.1) is 0 Å². The maximum atomic E-state index is 13.8. The Kier molecular flexibility index (Phi) is 5.45. The van der Waals surface area contributed by atoms with E-state index in [4.69, 9.17) is 15.2 Å². The van der Waals surface area contributed by atoms with E-state index in [0.717, 1.165) is 12.1 Å². The van der Waals surface area contributed by atoms with Crippen LogP contribution in [-0.4, -0.2) is 38.6 Å². The molecule has 0 bridgehead atoms. The highest BCUT2D eigenvalue weighted by atomic mass is 19.1. The summed E-state index contributed by atoms with van der Waals surface area (Å²) in [6.45, 7) is 1.65. The molecule has 0 radical (unpaired) electrons. The van der Waals surface area contributed by atoms with Gasteiger partial charge in [0.2, 0.25) is 0 Å². The molecular weight excluding hydrogens is 269 g/mol. The lowest BCUT2D eigenvalue weighted by Gasteiger charge is -2.13. The van der Waals surface area contributed by atoms with E-state index in [2.05, 4.69) is 4.74 Å². The van der Waals surface area contributed by atoms with Crippen LogP contribution in [-0.2, 0) is 9.53 Å². The average molecular weight is 285 g/mol. The zero-order valence-electron chi connectivity index (χ0n) is 11.4. The van der Waals surface area contributed by atoms with Crippen LogP contribution in [0.4, 0.5) is 4.39 Å². The summed E-state index contributed by atoms with van der Waals surface area (Å²) in [5.74, 6) is -2.36. The number of ether oxygens (including phenoxy) is 3. The number of ketones is 1. The number of carbonyl (C=O) groups excluding carboxylic acids is 2. The number of Topliss-reactive ketones (excluding diaryl/α,β-unsaturated/α-hetero) is 1. The van der Waals surface area contributed by atoms with E-state index in [1.807, 2.05) is 0 Å². The number of methoxy groups -OCH3 is 2. The molecule has 0 saturated carbocycles. The van der Waals surface area contributed by atoms with E-state index < -0.39 is 23.6 Å². The van der Waals surface area contributed by atoms with E-state index >= 15 is 0 Å². The molecule has 1 atom stereocenters. The van der Waals surface area contributed by atoms with Crippen LogP contribution in [0.15, 0.2) is 12.1 Å². The van der Waals surface area contributed by atoms with Crippen molar-refractivity contribution in [3.8, 4) is 11.5 Å². The molecule has 7 heteroatoms. The number of hydrogen-bond donors (Lipinski definition) is 1. The summed E-state index contributed by atoms with van der Waals surface area (Å²) < 4.78 is 28.3. The Morgan fingerprint density at radius 2 is 1.80 bits per heavy atom. The molecule has 1 aromatic carbocycles. The van der Waals surface area contributed by atoms with Crippen LogP contribution in [0.2, 0.25) is 0 Å². The average Bonchev–Trinajstić information content (AvgIpc) is 2.45. The maximum Gasteiger partial charge on any atom is 0.331 e. The molecular formula is C13H16FNO5. The number of benzene rings is 1. The first-order chi connectivity index (χ1) is 9.46. The second-order valence-electron chi connectivity index (χ2n) is 3.78. The van der Waals surface area contributed by atoms with Crippen molar-refractivity contribution in [2.75, 3.05) is 20.8 Å². The number of rotatable bonds is 6. The van der Waals surface area contributed by atoms with Gasteiger partial charge in [0.05, 0.1) is 26.4 Å². The smallest absolute Gasteiger partial charge is 0.331 e. The molecule has 0 aliphatic rings. The summed E-state index contributed by atoms with van der Waals surface area (Å²) >= 11 is 0. The summed E-state index contributed by atoms with van der Waals surface area (Å²) in [5.41, 5.74) is 5.09. The molecule has 1 unspecified atom stereocenters. The Balaban J connectivity index is 3.13. The van der Waals surface area contributed by atoms with Gasteiger partial charge in [0.15, 0.2) is 23.3 Å². The standard InChI is InChI=1S/C13H16FNO5/c1-4-20-13(17)11(15)12(16)7-5-9(18-2)10(19-3)6-8(7)14/h5-6,11H,4,15H2,1-3H3. The van der Waals surface area contributed by atoms with Gasteiger partial charge in [0.25, 0.3) is 0 Å². The van der Waals surface area contributed by atoms with Gasteiger partial charge in [0, 0.05) is 6.07 Å². The third kappa shape index (κ3) is 3.24. The largest absolute Gasteiger partial charge is 0.493 e. The van der Waals surface area contributed by atoms with Crippen molar-refractivity contribution >= 4 is 11.8 Å². The highest BCUT2D eigenvalue weighted by molar-refractivity contribution is 6.12. The van der Waals surface area contributed by atoms with E-state index in [0.29, 0.717) is 0 Å². The number of carbonyl (C=O) groups is 2. The predicted molar refractivity (Wildman–Crippen MR) is 68.4 cm³/mol. The van der Waals surface area contributed by atoms with Crippen molar-refractivity contribution in [1.82, 2.24) is 0 Å². The van der Waals surface area contributed by atoms with Gasteiger partial charge in [-0.2, -0.15) is 0 Å². The molecule has 0 aliphatic heterocycles. The number of hydrogen-bond acceptors (Lipinski definition) is 6. The minimum atomic E-state index is -1.58. The molecule has 20 heavy (non-hydrogen) atoms. The van der Waals surface area contributed by atoms with Crippen LogP contribution in [0, 0.1) is 5.82 Å². The molecule has 0 fully saturated rings. The summed E-state index contributed by atoms with van der Waals surface area (Å²) in [4.78, 5) is 23.4. The van der Waals surface area contributed by atoms with E-state index in [1.165, 1.54) is 14.2 Å². The lowest BCUT2D eigenvalue weighted by atomic mass is 10.0. The van der Waals surface area contributed by atoms with Gasteiger partial charge in [-0.25, -0.2) is 9.18 Å². The quantitative estimate of drug-likeness (QED) is 0.475. The minimum Gasteiger partial charge on any atom is -0.493 e. The van der Waals surface area contributed by atoms with Gasteiger partial charge in [0.1, 0.15) is 5.82 Å². The predicted octanol–water partition coefficient (Wildman–Crippen LogP) is 0.916. The fourth-order valence-corrected chi connectivity index (χ4v) is 1.55. The molecule has 0 spiro atoms. The second kappa shape index (κ2) is 6.85. The van der Waals surface area contributed by atoms with Gasteiger partial charge in [-0.3, -0.25) is 4.79 Å². The molecule has 6 nitrogen and oxygen atoms in total. The molecule has 0 heterocycles. The topological polar surface area (TPSA) is 87.9 Å². The molecule has 0 saturated heterocycles. The molecule has 0 aromatic heterocycles. The first-order valence-electron chi connectivity index (χ1n) is 5.84. The Bertz CT molecular complexity index is 518. The fraction of sp³-hybridized carbons (Fsp3) is 0.385. The molecule has 110 valence electrons. The second-order valence-corrected chi connectivity index (χ2v) is 3.78. The van der Waals surface area contributed by atoms with Crippen molar-refractivity contribution < 1.29 is 28.2 Å². The number of halogens is 1. The van der Waals surface area contributed by atoms with E-state index in [1.54, 1.807) is 6.92 Å². The third-order valence-corrected chi connectivity index (χ3v) is 2.56. The van der Waals surface area contributed by atoms with Crippen molar-refractivity contribution in [3.63, 3.8) is 0 Å². The van der Waals surface area contributed by atoms with Crippen LogP contribution in [0.5, 0.6) is 11.5 Å². The summed E-state index contributed by atoms with van der Waals surface area (Å²) in [7, 11) is 2.68. The lowest BCUT2D eigenvalue weighted by Crippen LogP contribution is -2.40. The zero-order chi connectivity index (χ0) is 15.3.